The van der Waals surface area contributed by atoms with Crippen molar-refractivity contribution in [3.8, 4) is 11.1 Å². The van der Waals surface area contributed by atoms with Crippen LogP contribution < -0.4 is 4.90 Å². The van der Waals surface area contributed by atoms with E-state index in [1.54, 1.807) is 13.1 Å². The summed E-state index contributed by atoms with van der Waals surface area (Å²) >= 11 is 1.49. The van der Waals surface area contributed by atoms with Crippen LogP contribution in [0.3, 0.4) is 0 Å². The topological polar surface area (TPSA) is 55.3 Å². The molecule has 144 valence electrons. The van der Waals surface area contributed by atoms with E-state index in [1.807, 2.05) is 19.2 Å². The minimum atomic E-state index is 0.0789. The van der Waals surface area contributed by atoms with Gasteiger partial charge in [0, 0.05) is 25.9 Å². The Bertz CT molecular complexity index is 971. The zero-order valence-corrected chi connectivity index (χ0v) is 16.9. The van der Waals surface area contributed by atoms with Crippen molar-refractivity contribution in [1.29, 1.82) is 0 Å². The molecule has 1 fully saturated rings. The molecule has 2 aromatic heterocycles. The highest BCUT2D eigenvalue weighted by atomic mass is 32.1. The SMILES string of the molecule is CC(=O)c1sc(N2CCOCC2Cc2cccc(-c3cccnc3)c2)nc1C. The van der Waals surface area contributed by atoms with Gasteiger partial charge >= 0.3 is 0 Å². The number of hydrogen-bond acceptors (Lipinski definition) is 6. The van der Waals surface area contributed by atoms with Crippen molar-refractivity contribution in [3.05, 3.63) is 64.9 Å². The lowest BCUT2D eigenvalue weighted by atomic mass is 9.99. The summed E-state index contributed by atoms with van der Waals surface area (Å²) in [6.07, 6.45) is 4.54. The van der Waals surface area contributed by atoms with Gasteiger partial charge in [-0.2, -0.15) is 0 Å². The van der Waals surface area contributed by atoms with Crippen LogP contribution in [0, 0.1) is 6.92 Å². The first kappa shape index (κ1) is 18.8. The van der Waals surface area contributed by atoms with Gasteiger partial charge in [-0.1, -0.05) is 41.7 Å². The number of aryl methyl sites for hydroxylation is 1. The molecule has 1 saturated heterocycles. The summed E-state index contributed by atoms with van der Waals surface area (Å²) in [6, 6.07) is 12.8. The molecule has 28 heavy (non-hydrogen) atoms. The second-order valence-electron chi connectivity index (χ2n) is 7.04. The normalized spacial score (nSPS) is 16.9. The highest BCUT2D eigenvalue weighted by Gasteiger charge is 2.27. The van der Waals surface area contributed by atoms with Crippen molar-refractivity contribution in [1.82, 2.24) is 9.97 Å². The Kier molecular flexibility index (Phi) is 5.50. The lowest BCUT2D eigenvalue weighted by Crippen LogP contribution is -2.46. The van der Waals surface area contributed by atoms with Crippen LogP contribution in [0.1, 0.15) is 27.9 Å². The maximum Gasteiger partial charge on any atom is 0.186 e. The molecule has 1 aliphatic rings. The molecule has 3 aromatic rings. The standard InChI is InChI=1S/C22H23N3O2S/c1-15-21(16(2)26)28-22(24-15)25-9-10-27-14-20(25)12-17-5-3-6-18(11-17)19-7-4-8-23-13-19/h3-8,11,13,20H,9-10,12,14H2,1-2H3. The third-order valence-electron chi connectivity index (χ3n) is 4.97. The zero-order chi connectivity index (χ0) is 19.5. The van der Waals surface area contributed by atoms with E-state index in [0.717, 1.165) is 39.8 Å². The number of Topliss-reactive ketones (excluding diaryl/α,β-unsaturated/α-hetero) is 1. The number of hydrogen-bond donors (Lipinski definition) is 0. The predicted molar refractivity (Wildman–Crippen MR) is 112 cm³/mol. The van der Waals surface area contributed by atoms with Gasteiger partial charge in [0.15, 0.2) is 10.9 Å². The molecule has 0 amide bonds. The molecular weight excluding hydrogens is 370 g/mol. The Balaban J connectivity index is 1.58. The number of carbonyl (C=O) groups is 1. The van der Waals surface area contributed by atoms with E-state index >= 15 is 0 Å². The molecule has 5 nitrogen and oxygen atoms in total. The molecule has 3 heterocycles. The number of pyridine rings is 1. The third kappa shape index (κ3) is 3.98. The summed E-state index contributed by atoms with van der Waals surface area (Å²) in [5.41, 5.74) is 4.35. The fraction of sp³-hybridized carbons (Fsp3) is 0.318. The molecule has 0 N–H and O–H groups in total. The molecule has 1 aromatic carbocycles. The average molecular weight is 394 g/mol. The van der Waals surface area contributed by atoms with Gasteiger partial charge in [0.1, 0.15) is 0 Å². The van der Waals surface area contributed by atoms with Gasteiger partial charge in [0.25, 0.3) is 0 Å². The van der Waals surface area contributed by atoms with Crippen LogP contribution in [-0.2, 0) is 11.2 Å². The molecule has 0 bridgehead atoms. The van der Waals surface area contributed by atoms with E-state index in [-0.39, 0.29) is 11.8 Å². The molecule has 1 aliphatic heterocycles. The van der Waals surface area contributed by atoms with E-state index in [9.17, 15) is 4.79 Å². The summed E-state index contributed by atoms with van der Waals surface area (Å²) < 4.78 is 5.76. The smallest absolute Gasteiger partial charge is 0.186 e. The van der Waals surface area contributed by atoms with Gasteiger partial charge < -0.3 is 9.64 Å². The van der Waals surface area contributed by atoms with E-state index in [4.69, 9.17) is 4.74 Å². The Labute approximate surface area is 169 Å². The lowest BCUT2D eigenvalue weighted by molar-refractivity contribution is 0.0940. The highest BCUT2D eigenvalue weighted by Crippen LogP contribution is 2.30. The summed E-state index contributed by atoms with van der Waals surface area (Å²) in [4.78, 5) is 23.8. The second kappa shape index (κ2) is 8.20. The van der Waals surface area contributed by atoms with Crippen LogP contribution in [0.25, 0.3) is 11.1 Å². The minimum Gasteiger partial charge on any atom is -0.377 e. The Morgan fingerprint density at radius 3 is 2.89 bits per heavy atom. The van der Waals surface area contributed by atoms with Crippen LogP contribution in [0.4, 0.5) is 5.13 Å². The first-order chi connectivity index (χ1) is 13.6. The number of ether oxygens (including phenoxy) is 1. The number of ketones is 1. The van der Waals surface area contributed by atoms with Crippen molar-refractivity contribution in [2.75, 3.05) is 24.7 Å². The van der Waals surface area contributed by atoms with Gasteiger partial charge in [-0.15, -0.1) is 0 Å². The monoisotopic (exact) mass is 393 g/mol. The number of morpholine rings is 1. The van der Waals surface area contributed by atoms with E-state index in [2.05, 4.69) is 45.2 Å². The van der Waals surface area contributed by atoms with Crippen LogP contribution in [0.2, 0.25) is 0 Å². The summed E-state index contributed by atoms with van der Waals surface area (Å²) in [6.45, 7) is 5.64. The van der Waals surface area contributed by atoms with Gasteiger partial charge in [-0.3, -0.25) is 9.78 Å². The van der Waals surface area contributed by atoms with Crippen molar-refractivity contribution in [2.24, 2.45) is 0 Å². The zero-order valence-electron chi connectivity index (χ0n) is 16.1. The first-order valence-electron chi connectivity index (χ1n) is 9.44. The van der Waals surface area contributed by atoms with Crippen LogP contribution >= 0.6 is 11.3 Å². The second-order valence-corrected chi connectivity index (χ2v) is 8.01. The minimum absolute atomic E-state index is 0.0789. The van der Waals surface area contributed by atoms with Gasteiger partial charge in [-0.25, -0.2) is 4.98 Å². The van der Waals surface area contributed by atoms with Gasteiger partial charge in [-0.05, 0) is 36.1 Å². The Hall–Kier alpha value is -2.57. The number of rotatable bonds is 5. The van der Waals surface area contributed by atoms with Crippen LogP contribution in [0.5, 0.6) is 0 Å². The molecule has 4 rings (SSSR count). The van der Waals surface area contributed by atoms with Crippen molar-refractivity contribution >= 4 is 22.3 Å². The fourth-order valence-electron chi connectivity index (χ4n) is 3.59. The molecule has 0 radical (unpaired) electrons. The Morgan fingerprint density at radius 2 is 2.14 bits per heavy atom. The maximum atomic E-state index is 11.8. The Morgan fingerprint density at radius 1 is 1.29 bits per heavy atom. The number of benzene rings is 1. The number of anilines is 1. The third-order valence-corrected chi connectivity index (χ3v) is 6.27. The molecule has 1 unspecified atom stereocenters. The largest absolute Gasteiger partial charge is 0.377 e. The van der Waals surface area contributed by atoms with Crippen LogP contribution in [-0.4, -0.2) is 41.6 Å². The number of carbonyl (C=O) groups excluding carboxylic acids is 1. The van der Waals surface area contributed by atoms with Crippen LogP contribution in [0.15, 0.2) is 48.8 Å². The summed E-state index contributed by atoms with van der Waals surface area (Å²) in [5, 5.41) is 0.916. The molecule has 6 heteroatoms. The lowest BCUT2D eigenvalue weighted by Gasteiger charge is -2.35. The van der Waals surface area contributed by atoms with E-state index in [1.165, 1.54) is 16.9 Å². The number of aromatic nitrogens is 2. The van der Waals surface area contributed by atoms with Crippen molar-refractivity contribution in [3.63, 3.8) is 0 Å². The van der Waals surface area contributed by atoms with Gasteiger partial charge in [0.05, 0.1) is 29.8 Å². The average Bonchev–Trinajstić information content (AvgIpc) is 3.11. The summed E-state index contributed by atoms with van der Waals surface area (Å²) in [5.74, 6) is 0.0789. The quantitative estimate of drug-likeness (QED) is 0.609. The number of thiazole rings is 1. The van der Waals surface area contributed by atoms with Gasteiger partial charge in [0.2, 0.25) is 0 Å². The van der Waals surface area contributed by atoms with E-state index < -0.39 is 0 Å². The molecule has 0 spiro atoms. The van der Waals surface area contributed by atoms with E-state index in [0.29, 0.717) is 13.2 Å². The highest BCUT2D eigenvalue weighted by molar-refractivity contribution is 7.17. The molecule has 1 atom stereocenters. The fourth-order valence-corrected chi connectivity index (χ4v) is 4.65. The van der Waals surface area contributed by atoms with Crippen molar-refractivity contribution in [2.45, 2.75) is 26.3 Å². The molecular formula is C22H23N3O2S. The summed E-state index contributed by atoms with van der Waals surface area (Å²) in [7, 11) is 0. The number of nitrogens with zero attached hydrogens (tertiary/aromatic N) is 3. The maximum absolute atomic E-state index is 11.8. The van der Waals surface area contributed by atoms with Crippen molar-refractivity contribution < 1.29 is 9.53 Å². The predicted octanol–water partition coefficient (Wildman–Crippen LogP) is 4.16. The molecule has 0 aliphatic carbocycles. The molecule has 0 saturated carbocycles. The first-order valence-corrected chi connectivity index (χ1v) is 10.3.